The first kappa shape index (κ1) is 12.4. The van der Waals surface area contributed by atoms with Crippen LogP contribution in [0.15, 0.2) is 11.3 Å². The lowest BCUT2D eigenvalue weighted by atomic mass is 10.4. The second-order valence-corrected chi connectivity index (χ2v) is 2.73. The third-order valence-electron chi connectivity index (χ3n) is 1.21. The highest BCUT2D eigenvalue weighted by Gasteiger charge is 2.13. The fraction of sp³-hybridized carbons (Fsp3) is 0.625. The molecule has 0 aromatic carbocycles. The summed E-state index contributed by atoms with van der Waals surface area (Å²) in [6.45, 7) is 2.29. The minimum absolute atomic E-state index is 0.279. The van der Waals surface area contributed by atoms with E-state index in [4.69, 9.17) is 16.3 Å². The minimum Gasteiger partial charge on any atom is -0.483 e. The van der Waals surface area contributed by atoms with Crippen molar-refractivity contribution in [2.45, 2.75) is 26.2 Å². The van der Waals surface area contributed by atoms with E-state index in [0.29, 0.717) is 12.7 Å². The number of rotatable bonds is 6. The van der Waals surface area contributed by atoms with E-state index in [0.717, 1.165) is 12.8 Å². The maximum atomic E-state index is 11.7. The van der Waals surface area contributed by atoms with E-state index in [1.807, 2.05) is 6.92 Å². The molecule has 0 N–H and O–H groups in total. The van der Waals surface area contributed by atoms with Crippen molar-refractivity contribution in [3.63, 3.8) is 0 Å². The quantitative estimate of drug-likeness (QED) is 0.385. The third-order valence-corrected chi connectivity index (χ3v) is 1.43. The molecule has 0 bridgehead atoms. The molecule has 0 unspecified atom stereocenters. The summed E-state index contributed by atoms with van der Waals surface area (Å²) in [6.07, 6.45) is -0.745. The number of ketones is 1. The molecule has 0 rings (SSSR count). The summed E-state index contributed by atoms with van der Waals surface area (Å²) in [6, 6.07) is 0. The number of alkyl halides is 2. The van der Waals surface area contributed by atoms with Crippen LogP contribution >= 0.6 is 11.6 Å². The Hall–Kier alpha value is -0.640. The standard InChI is InChI=1S/C8H11ClF2O2/c1-2-3-4-13-7(9)5-6(12)8(10)11/h5,8H,2-4H2,1H3. The molecule has 0 radical (unpaired) electrons. The molecule has 0 amide bonds. The lowest BCUT2D eigenvalue weighted by molar-refractivity contribution is -0.124. The highest BCUT2D eigenvalue weighted by molar-refractivity contribution is 6.29. The van der Waals surface area contributed by atoms with Crippen LogP contribution in [0, 0.1) is 0 Å². The van der Waals surface area contributed by atoms with Crippen molar-refractivity contribution >= 4 is 17.4 Å². The second-order valence-electron chi connectivity index (χ2n) is 2.35. The number of hydrogen-bond acceptors (Lipinski definition) is 2. The molecule has 13 heavy (non-hydrogen) atoms. The average molecular weight is 213 g/mol. The van der Waals surface area contributed by atoms with Gasteiger partial charge in [-0.2, -0.15) is 0 Å². The van der Waals surface area contributed by atoms with Gasteiger partial charge in [0.25, 0.3) is 6.43 Å². The molecule has 5 heteroatoms. The summed E-state index contributed by atoms with van der Waals surface area (Å²) in [5.74, 6) is -1.33. The number of carbonyl (C=O) groups excluding carboxylic acids is 1. The van der Waals surface area contributed by atoms with Crippen molar-refractivity contribution in [1.82, 2.24) is 0 Å². The van der Waals surface area contributed by atoms with Gasteiger partial charge in [0.15, 0.2) is 5.22 Å². The molecule has 0 saturated carbocycles. The number of hydrogen-bond donors (Lipinski definition) is 0. The Labute approximate surface area is 80.5 Å². The summed E-state index contributed by atoms with van der Waals surface area (Å²) >= 11 is 5.34. The lowest BCUT2D eigenvalue weighted by Gasteiger charge is -2.01. The Morgan fingerprint density at radius 2 is 2.23 bits per heavy atom. The van der Waals surface area contributed by atoms with Crippen molar-refractivity contribution < 1.29 is 18.3 Å². The summed E-state index contributed by atoms with van der Waals surface area (Å²) in [7, 11) is 0. The zero-order valence-corrected chi connectivity index (χ0v) is 7.98. The number of carbonyl (C=O) groups is 1. The maximum absolute atomic E-state index is 11.7. The third kappa shape index (κ3) is 6.51. The van der Waals surface area contributed by atoms with Crippen LogP contribution in [0.2, 0.25) is 0 Å². The molecule has 0 atom stereocenters. The Morgan fingerprint density at radius 3 is 2.69 bits per heavy atom. The molecular formula is C8H11ClF2O2. The van der Waals surface area contributed by atoms with E-state index in [9.17, 15) is 13.6 Å². The first-order valence-corrected chi connectivity index (χ1v) is 4.27. The van der Waals surface area contributed by atoms with Gasteiger partial charge in [-0.25, -0.2) is 8.78 Å². The summed E-state index contributed by atoms with van der Waals surface area (Å²) in [5, 5.41) is -0.279. The molecule has 0 heterocycles. The van der Waals surface area contributed by atoms with E-state index in [2.05, 4.69) is 0 Å². The Kier molecular flexibility index (Phi) is 6.49. The van der Waals surface area contributed by atoms with Crippen molar-refractivity contribution in [3.8, 4) is 0 Å². The van der Waals surface area contributed by atoms with Crippen LogP contribution in [0.25, 0.3) is 0 Å². The Bertz CT molecular complexity index is 193. The molecule has 0 aliphatic carbocycles. The molecule has 0 aromatic heterocycles. The van der Waals surface area contributed by atoms with Crippen molar-refractivity contribution in [3.05, 3.63) is 11.3 Å². The fourth-order valence-electron chi connectivity index (χ4n) is 0.531. The normalized spacial score (nSPS) is 11.9. The summed E-state index contributed by atoms with van der Waals surface area (Å²) in [4.78, 5) is 10.4. The molecule has 0 aliphatic rings. The smallest absolute Gasteiger partial charge is 0.300 e. The van der Waals surface area contributed by atoms with E-state index >= 15 is 0 Å². The molecule has 0 aliphatic heterocycles. The minimum atomic E-state index is -3.02. The SMILES string of the molecule is CCCCOC(Cl)=CC(=O)C(F)F. The van der Waals surface area contributed by atoms with E-state index < -0.39 is 12.2 Å². The first-order valence-electron chi connectivity index (χ1n) is 3.90. The van der Waals surface area contributed by atoms with Gasteiger partial charge in [0, 0.05) is 6.08 Å². The number of ether oxygens (including phenoxy) is 1. The van der Waals surface area contributed by atoms with Gasteiger partial charge in [-0.1, -0.05) is 13.3 Å². The van der Waals surface area contributed by atoms with E-state index in [-0.39, 0.29) is 5.22 Å². The van der Waals surface area contributed by atoms with Gasteiger partial charge >= 0.3 is 0 Å². The van der Waals surface area contributed by atoms with Crippen LogP contribution < -0.4 is 0 Å². The van der Waals surface area contributed by atoms with Gasteiger partial charge < -0.3 is 4.74 Å². The number of unbranched alkanes of at least 4 members (excludes halogenated alkanes) is 1. The van der Waals surface area contributed by atoms with Crippen LogP contribution in [0.5, 0.6) is 0 Å². The topological polar surface area (TPSA) is 26.3 Å². The predicted molar refractivity (Wildman–Crippen MR) is 45.8 cm³/mol. The van der Waals surface area contributed by atoms with Gasteiger partial charge in [0.1, 0.15) is 0 Å². The van der Waals surface area contributed by atoms with Gasteiger partial charge in [0.05, 0.1) is 6.61 Å². The summed E-state index contributed by atoms with van der Waals surface area (Å²) in [5.41, 5.74) is 0. The molecule has 0 aromatic rings. The van der Waals surface area contributed by atoms with Crippen LogP contribution in [0.3, 0.4) is 0 Å². The zero-order valence-electron chi connectivity index (χ0n) is 7.23. The van der Waals surface area contributed by atoms with Crippen molar-refractivity contribution in [2.75, 3.05) is 6.61 Å². The second kappa shape index (κ2) is 6.83. The monoisotopic (exact) mass is 212 g/mol. The molecule has 76 valence electrons. The molecule has 0 saturated heterocycles. The molecule has 0 spiro atoms. The van der Waals surface area contributed by atoms with Gasteiger partial charge in [-0.15, -0.1) is 0 Å². The van der Waals surface area contributed by atoms with Crippen LogP contribution in [0.4, 0.5) is 8.78 Å². The average Bonchev–Trinajstić information content (AvgIpc) is 2.04. The number of halogens is 3. The molecular weight excluding hydrogens is 202 g/mol. The Morgan fingerprint density at radius 1 is 1.62 bits per heavy atom. The number of allylic oxidation sites excluding steroid dienone is 1. The van der Waals surface area contributed by atoms with Gasteiger partial charge in [0.2, 0.25) is 5.78 Å². The van der Waals surface area contributed by atoms with Crippen LogP contribution in [-0.2, 0) is 9.53 Å². The molecule has 0 fully saturated rings. The van der Waals surface area contributed by atoms with Crippen LogP contribution in [0.1, 0.15) is 19.8 Å². The summed E-state index contributed by atoms with van der Waals surface area (Å²) < 4.78 is 28.1. The highest BCUT2D eigenvalue weighted by atomic mass is 35.5. The fourth-order valence-corrected chi connectivity index (χ4v) is 0.715. The van der Waals surface area contributed by atoms with E-state index in [1.165, 1.54) is 0 Å². The largest absolute Gasteiger partial charge is 0.483 e. The van der Waals surface area contributed by atoms with Crippen molar-refractivity contribution in [2.24, 2.45) is 0 Å². The lowest BCUT2D eigenvalue weighted by Crippen LogP contribution is -2.06. The van der Waals surface area contributed by atoms with Crippen molar-refractivity contribution in [1.29, 1.82) is 0 Å². The molecule has 2 nitrogen and oxygen atoms in total. The predicted octanol–water partition coefficient (Wildman–Crippen LogP) is 2.72. The van der Waals surface area contributed by atoms with Gasteiger partial charge in [-0.05, 0) is 18.0 Å². The van der Waals surface area contributed by atoms with Gasteiger partial charge in [-0.3, -0.25) is 4.79 Å². The maximum Gasteiger partial charge on any atom is 0.300 e. The highest BCUT2D eigenvalue weighted by Crippen LogP contribution is 2.07. The zero-order chi connectivity index (χ0) is 10.3. The van der Waals surface area contributed by atoms with Crippen LogP contribution in [-0.4, -0.2) is 18.8 Å². The van der Waals surface area contributed by atoms with E-state index in [1.54, 1.807) is 0 Å². The first-order chi connectivity index (χ1) is 6.07. The Balaban J connectivity index is 3.81.